The van der Waals surface area contributed by atoms with Crippen LogP contribution in [0.15, 0.2) is 36.5 Å². The van der Waals surface area contributed by atoms with Gasteiger partial charge in [0.05, 0.1) is 5.69 Å². The molecule has 0 saturated carbocycles. The van der Waals surface area contributed by atoms with Crippen molar-refractivity contribution in [3.05, 3.63) is 53.3 Å². The lowest BCUT2D eigenvalue weighted by atomic mass is 10.1. The van der Waals surface area contributed by atoms with Crippen LogP contribution in [0.1, 0.15) is 29.8 Å². The molecule has 3 rings (SSSR count). The summed E-state index contributed by atoms with van der Waals surface area (Å²) in [4.78, 5) is 0. The van der Waals surface area contributed by atoms with Gasteiger partial charge in [-0.25, -0.2) is 0 Å². The van der Waals surface area contributed by atoms with Gasteiger partial charge in [0.2, 0.25) is 0 Å². The van der Waals surface area contributed by atoms with Crippen LogP contribution in [0.4, 0.5) is 0 Å². The summed E-state index contributed by atoms with van der Waals surface area (Å²) in [7, 11) is 0. The molecule has 1 heterocycles. The van der Waals surface area contributed by atoms with E-state index in [4.69, 9.17) is 5.73 Å². The van der Waals surface area contributed by atoms with Gasteiger partial charge in [-0.1, -0.05) is 24.3 Å². The second kappa shape index (κ2) is 5.15. The molecule has 1 aromatic carbocycles. The molecule has 0 fully saturated rings. The van der Waals surface area contributed by atoms with E-state index in [1.165, 1.54) is 16.8 Å². The van der Waals surface area contributed by atoms with Crippen LogP contribution in [-0.4, -0.2) is 15.8 Å². The van der Waals surface area contributed by atoms with Gasteiger partial charge in [-0.15, -0.1) is 0 Å². The summed E-state index contributed by atoms with van der Waals surface area (Å²) in [6.45, 7) is 3.83. The van der Waals surface area contributed by atoms with Crippen LogP contribution in [0.2, 0.25) is 0 Å². The predicted octanol–water partition coefficient (Wildman–Crippen LogP) is 1.62. The highest BCUT2D eigenvalue weighted by molar-refractivity contribution is 5.36. The van der Waals surface area contributed by atoms with Crippen molar-refractivity contribution in [3.8, 4) is 0 Å². The maximum Gasteiger partial charge on any atom is 0.0522 e. The first-order valence-electron chi connectivity index (χ1n) is 6.87. The van der Waals surface area contributed by atoms with Crippen molar-refractivity contribution >= 4 is 0 Å². The number of nitrogens with one attached hydrogen (secondary N) is 1. The van der Waals surface area contributed by atoms with Gasteiger partial charge in [-0.2, -0.15) is 5.10 Å². The Bertz CT molecular complexity index is 561. The fourth-order valence-electron chi connectivity index (χ4n) is 2.86. The molecule has 2 atom stereocenters. The van der Waals surface area contributed by atoms with Gasteiger partial charge in [-0.3, -0.25) is 4.68 Å². The Morgan fingerprint density at radius 2 is 2.21 bits per heavy atom. The number of nitrogens with zero attached hydrogens (tertiary/aromatic N) is 2. The van der Waals surface area contributed by atoms with E-state index in [1.807, 2.05) is 10.9 Å². The van der Waals surface area contributed by atoms with Gasteiger partial charge in [0.15, 0.2) is 0 Å². The van der Waals surface area contributed by atoms with E-state index in [2.05, 4.69) is 47.7 Å². The number of rotatable bonds is 4. The maximum absolute atomic E-state index is 6.32. The van der Waals surface area contributed by atoms with Gasteiger partial charge in [0.1, 0.15) is 0 Å². The fourth-order valence-corrected chi connectivity index (χ4v) is 2.86. The maximum atomic E-state index is 6.32. The fraction of sp³-hybridized carbons (Fsp3) is 0.400. The van der Waals surface area contributed by atoms with Gasteiger partial charge in [0.25, 0.3) is 0 Å². The summed E-state index contributed by atoms with van der Waals surface area (Å²) >= 11 is 0. The highest BCUT2D eigenvalue weighted by Gasteiger charge is 2.28. The second-order valence-electron chi connectivity index (χ2n) is 5.05. The summed E-state index contributed by atoms with van der Waals surface area (Å²) < 4.78 is 2.01. The van der Waals surface area contributed by atoms with Gasteiger partial charge in [0, 0.05) is 31.4 Å². The van der Waals surface area contributed by atoms with Crippen LogP contribution < -0.4 is 11.1 Å². The smallest absolute Gasteiger partial charge is 0.0522 e. The largest absolute Gasteiger partial charge is 0.323 e. The van der Waals surface area contributed by atoms with Crippen molar-refractivity contribution in [3.63, 3.8) is 0 Å². The molecule has 0 unspecified atom stereocenters. The monoisotopic (exact) mass is 256 g/mol. The predicted molar refractivity (Wildman–Crippen MR) is 75.6 cm³/mol. The number of hydrogen-bond donors (Lipinski definition) is 2. The van der Waals surface area contributed by atoms with Crippen molar-refractivity contribution in [2.75, 3.05) is 0 Å². The first-order chi connectivity index (χ1) is 9.29. The van der Waals surface area contributed by atoms with Crippen LogP contribution >= 0.6 is 0 Å². The summed E-state index contributed by atoms with van der Waals surface area (Å²) in [6, 6.07) is 10.9. The highest BCUT2D eigenvalue weighted by atomic mass is 15.3. The van der Waals surface area contributed by atoms with Crippen molar-refractivity contribution in [1.82, 2.24) is 15.1 Å². The molecule has 0 bridgehead atoms. The number of hydrogen-bond acceptors (Lipinski definition) is 3. The zero-order valence-electron chi connectivity index (χ0n) is 11.2. The van der Waals surface area contributed by atoms with E-state index in [-0.39, 0.29) is 6.04 Å². The molecule has 0 radical (unpaired) electrons. The van der Waals surface area contributed by atoms with Crippen molar-refractivity contribution in [2.45, 2.75) is 38.5 Å². The molecule has 1 aliphatic rings. The van der Waals surface area contributed by atoms with Crippen molar-refractivity contribution in [2.24, 2.45) is 5.73 Å². The number of aromatic nitrogens is 2. The second-order valence-corrected chi connectivity index (χ2v) is 5.05. The first kappa shape index (κ1) is 12.4. The molecule has 0 spiro atoms. The van der Waals surface area contributed by atoms with Gasteiger partial charge in [-0.05, 0) is 30.5 Å². The minimum absolute atomic E-state index is 0.0918. The van der Waals surface area contributed by atoms with E-state index in [0.29, 0.717) is 6.04 Å². The molecule has 0 amide bonds. The highest BCUT2D eigenvalue weighted by Crippen LogP contribution is 2.29. The van der Waals surface area contributed by atoms with Crippen LogP contribution in [0.3, 0.4) is 0 Å². The molecular weight excluding hydrogens is 236 g/mol. The lowest BCUT2D eigenvalue weighted by Gasteiger charge is -2.18. The standard InChI is InChI=1S/C15H20N4/c1-2-19-12(7-8-18-19)10-17-14-9-11-5-3-4-6-13(11)15(14)16/h3-8,14-15,17H,2,9-10,16H2,1H3/t14-,15-/m1/s1. The quantitative estimate of drug-likeness (QED) is 0.874. The summed E-state index contributed by atoms with van der Waals surface area (Å²) in [5.74, 6) is 0. The van der Waals surface area contributed by atoms with Gasteiger partial charge >= 0.3 is 0 Å². The molecule has 4 heteroatoms. The Kier molecular flexibility index (Phi) is 3.36. The molecule has 0 saturated heterocycles. The first-order valence-corrected chi connectivity index (χ1v) is 6.87. The average Bonchev–Trinajstić information content (AvgIpc) is 3.01. The normalized spacial score (nSPS) is 21.6. The zero-order chi connectivity index (χ0) is 13.2. The SMILES string of the molecule is CCn1nccc1CN[C@@H]1Cc2ccccc2[C@H]1N. The van der Waals surface area contributed by atoms with Crippen molar-refractivity contribution < 1.29 is 0 Å². The number of fused-ring (bicyclic) bond motifs is 1. The van der Waals surface area contributed by atoms with Crippen molar-refractivity contribution in [1.29, 1.82) is 0 Å². The Labute approximate surface area is 113 Å². The Balaban J connectivity index is 1.67. The topological polar surface area (TPSA) is 55.9 Å². The Hall–Kier alpha value is -1.65. The van der Waals surface area contributed by atoms with E-state index in [0.717, 1.165) is 19.5 Å². The third-order valence-corrected chi connectivity index (χ3v) is 3.94. The van der Waals surface area contributed by atoms with E-state index in [1.54, 1.807) is 0 Å². The Morgan fingerprint density at radius 3 is 3.00 bits per heavy atom. The molecule has 0 aliphatic heterocycles. The summed E-state index contributed by atoms with van der Waals surface area (Å²) in [6.07, 6.45) is 2.86. The number of nitrogens with two attached hydrogens (primary N) is 1. The number of benzene rings is 1. The minimum atomic E-state index is 0.0918. The lowest BCUT2D eigenvalue weighted by Crippen LogP contribution is -2.36. The molecule has 3 N–H and O–H groups in total. The molecule has 2 aromatic rings. The Morgan fingerprint density at radius 1 is 1.37 bits per heavy atom. The molecule has 4 nitrogen and oxygen atoms in total. The molecule has 100 valence electrons. The third-order valence-electron chi connectivity index (χ3n) is 3.94. The zero-order valence-corrected chi connectivity index (χ0v) is 11.2. The van der Waals surface area contributed by atoms with Gasteiger partial charge < -0.3 is 11.1 Å². The average molecular weight is 256 g/mol. The summed E-state index contributed by atoms with van der Waals surface area (Å²) in [5.41, 5.74) is 10.2. The van der Waals surface area contributed by atoms with Crippen LogP contribution in [0.25, 0.3) is 0 Å². The molecule has 1 aliphatic carbocycles. The van der Waals surface area contributed by atoms with Crippen LogP contribution in [0.5, 0.6) is 0 Å². The van der Waals surface area contributed by atoms with E-state index >= 15 is 0 Å². The lowest BCUT2D eigenvalue weighted by molar-refractivity contribution is 0.451. The van der Waals surface area contributed by atoms with Crippen LogP contribution in [0, 0.1) is 0 Å². The summed E-state index contributed by atoms with van der Waals surface area (Å²) in [5, 5.41) is 7.85. The number of aryl methyl sites for hydroxylation is 1. The third kappa shape index (κ3) is 2.29. The molecule has 1 aromatic heterocycles. The molecule has 19 heavy (non-hydrogen) atoms. The minimum Gasteiger partial charge on any atom is -0.323 e. The van der Waals surface area contributed by atoms with E-state index < -0.39 is 0 Å². The van der Waals surface area contributed by atoms with E-state index in [9.17, 15) is 0 Å². The van der Waals surface area contributed by atoms with Crippen LogP contribution in [-0.2, 0) is 19.5 Å². The molecular formula is C15H20N4.